The van der Waals surface area contributed by atoms with Gasteiger partial charge in [-0.2, -0.15) is 5.26 Å². The lowest BCUT2D eigenvalue weighted by atomic mass is 10.2. The van der Waals surface area contributed by atoms with E-state index in [0.717, 1.165) is 5.56 Å². The minimum atomic E-state index is -0.385. The molecular weight excluding hydrogens is 326 g/mol. The third-order valence-corrected chi connectivity index (χ3v) is 3.78. The number of benzene rings is 2. The van der Waals surface area contributed by atoms with Crippen LogP contribution < -0.4 is 10.2 Å². The van der Waals surface area contributed by atoms with Crippen molar-refractivity contribution in [3.63, 3.8) is 0 Å². The predicted molar refractivity (Wildman–Crippen MR) is 99.7 cm³/mol. The van der Waals surface area contributed by atoms with Gasteiger partial charge in [0.15, 0.2) is 0 Å². The molecule has 128 valence electrons. The predicted octanol–water partition coefficient (Wildman–Crippen LogP) is 3.24. The van der Waals surface area contributed by atoms with Crippen LogP contribution in [0.15, 0.2) is 66.9 Å². The van der Waals surface area contributed by atoms with E-state index in [4.69, 9.17) is 5.26 Å². The SMILES string of the molecule is CN(Cc1ccccc1)c1nccc(C(=O)Nc2ccccc2C#N)n1. The Labute approximate surface area is 151 Å². The van der Waals surface area contributed by atoms with Gasteiger partial charge in [-0.05, 0) is 23.8 Å². The molecule has 1 N–H and O–H groups in total. The van der Waals surface area contributed by atoms with E-state index in [9.17, 15) is 4.79 Å². The van der Waals surface area contributed by atoms with Crippen LogP contribution in [-0.2, 0) is 6.54 Å². The number of nitrogens with zero attached hydrogens (tertiary/aromatic N) is 4. The van der Waals surface area contributed by atoms with Gasteiger partial charge < -0.3 is 10.2 Å². The summed E-state index contributed by atoms with van der Waals surface area (Å²) in [5.74, 6) is 0.0690. The summed E-state index contributed by atoms with van der Waals surface area (Å²) in [7, 11) is 1.87. The van der Waals surface area contributed by atoms with E-state index >= 15 is 0 Å². The molecule has 2 aromatic carbocycles. The number of para-hydroxylation sites is 1. The molecule has 26 heavy (non-hydrogen) atoms. The number of carbonyl (C=O) groups is 1. The molecule has 0 aliphatic carbocycles. The second-order valence-corrected chi connectivity index (χ2v) is 5.70. The second-order valence-electron chi connectivity index (χ2n) is 5.70. The molecule has 0 atom stereocenters. The van der Waals surface area contributed by atoms with Gasteiger partial charge >= 0.3 is 0 Å². The number of aromatic nitrogens is 2. The number of hydrogen-bond donors (Lipinski definition) is 1. The Morgan fingerprint density at radius 2 is 1.85 bits per heavy atom. The lowest BCUT2D eigenvalue weighted by molar-refractivity contribution is 0.102. The molecule has 6 nitrogen and oxygen atoms in total. The highest BCUT2D eigenvalue weighted by molar-refractivity contribution is 6.03. The number of anilines is 2. The van der Waals surface area contributed by atoms with Crippen LogP contribution >= 0.6 is 0 Å². The first-order valence-corrected chi connectivity index (χ1v) is 8.06. The fourth-order valence-electron chi connectivity index (χ4n) is 2.46. The van der Waals surface area contributed by atoms with Crippen molar-refractivity contribution in [2.45, 2.75) is 6.54 Å². The summed E-state index contributed by atoms with van der Waals surface area (Å²) in [5.41, 5.74) is 2.22. The molecule has 0 saturated carbocycles. The Balaban J connectivity index is 1.76. The van der Waals surface area contributed by atoms with Crippen LogP contribution in [0.5, 0.6) is 0 Å². The van der Waals surface area contributed by atoms with Crippen LogP contribution in [0, 0.1) is 11.3 Å². The molecule has 1 heterocycles. The molecule has 0 aliphatic rings. The highest BCUT2D eigenvalue weighted by atomic mass is 16.1. The highest BCUT2D eigenvalue weighted by Gasteiger charge is 2.13. The normalized spacial score (nSPS) is 10.0. The lowest BCUT2D eigenvalue weighted by Gasteiger charge is -2.17. The van der Waals surface area contributed by atoms with E-state index in [0.29, 0.717) is 23.7 Å². The molecule has 0 unspecified atom stereocenters. The van der Waals surface area contributed by atoms with E-state index in [1.165, 1.54) is 0 Å². The van der Waals surface area contributed by atoms with Gasteiger partial charge in [-0.25, -0.2) is 9.97 Å². The Kier molecular flexibility index (Phi) is 5.20. The van der Waals surface area contributed by atoms with E-state index in [-0.39, 0.29) is 11.6 Å². The van der Waals surface area contributed by atoms with Crippen LogP contribution in [0.3, 0.4) is 0 Å². The van der Waals surface area contributed by atoms with Crippen molar-refractivity contribution >= 4 is 17.5 Å². The average Bonchev–Trinajstić information content (AvgIpc) is 2.69. The molecule has 0 saturated heterocycles. The van der Waals surface area contributed by atoms with Gasteiger partial charge in [0.25, 0.3) is 5.91 Å². The number of rotatable bonds is 5. The van der Waals surface area contributed by atoms with Gasteiger partial charge in [0.1, 0.15) is 11.8 Å². The Morgan fingerprint density at radius 1 is 1.12 bits per heavy atom. The van der Waals surface area contributed by atoms with Gasteiger partial charge in [-0.15, -0.1) is 0 Å². The number of nitriles is 1. The number of nitrogens with one attached hydrogen (secondary N) is 1. The second kappa shape index (κ2) is 7.90. The number of carbonyl (C=O) groups excluding carboxylic acids is 1. The zero-order valence-corrected chi connectivity index (χ0v) is 14.3. The highest BCUT2D eigenvalue weighted by Crippen LogP contribution is 2.15. The summed E-state index contributed by atoms with van der Waals surface area (Å²) in [6, 6.07) is 20.4. The summed E-state index contributed by atoms with van der Waals surface area (Å²) >= 11 is 0. The van der Waals surface area contributed by atoms with Crippen LogP contribution in [-0.4, -0.2) is 22.9 Å². The van der Waals surface area contributed by atoms with Crippen molar-refractivity contribution in [1.82, 2.24) is 9.97 Å². The Morgan fingerprint density at radius 3 is 2.62 bits per heavy atom. The Bertz CT molecular complexity index is 950. The molecule has 6 heteroatoms. The third kappa shape index (κ3) is 4.02. The lowest BCUT2D eigenvalue weighted by Crippen LogP contribution is -2.21. The van der Waals surface area contributed by atoms with Crippen molar-refractivity contribution in [3.05, 3.63) is 83.7 Å². The molecule has 3 rings (SSSR count). The minimum Gasteiger partial charge on any atom is -0.340 e. The van der Waals surface area contributed by atoms with Crippen molar-refractivity contribution in [2.75, 3.05) is 17.3 Å². The maximum atomic E-state index is 12.5. The molecule has 0 spiro atoms. The first-order valence-electron chi connectivity index (χ1n) is 8.06. The molecular formula is C20H17N5O. The van der Waals surface area contributed by atoms with Crippen LogP contribution in [0.25, 0.3) is 0 Å². The van der Waals surface area contributed by atoms with Gasteiger partial charge in [0.05, 0.1) is 11.3 Å². The van der Waals surface area contributed by atoms with Crippen molar-refractivity contribution in [3.8, 4) is 6.07 Å². The maximum Gasteiger partial charge on any atom is 0.274 e. The Hall–Kier alpha value is -3.72. The molecule has 0 fully saturated rings. The van der Waals surface area contributed by atoms with Gasteiger partial charge in [0.2, 0.25) is 5.95 Å². The van der Waals surface area contributed by atoms with Gasteiger partial charge in [-0.1, -0.05) is 42.5 Å². The smallest absolute Gasteiger partial charge is 0.274 e. The van der Waals surface area contributed by atoms with Crippen molar-refractivity contribution < 1.29 is 4.79 Å². The first-order chi connectivity index (χ1) is 12.7. The molecule has 0 radical (unpaired) electrons. The summed E-state index contributed by atoms with van der Waals surface area (Å²) in [6.45, 7) is 0.628. The molecule has 0 aliphatic heterocycles. The largest absolute Gasteiger partial charge is 0.340 e. The van der Waals surface area contributed by atoms with E-state index < -0.39 is 0 Å². The minimum absolute atomic E-state index is 0.239. The standard InChI is InChI=1S/C20H17N5O/c1-25(14-15-7-3-2-4-8-15)20-22-12-11-18(24-20)19(26)23-17-10-6-5-9-16(17)13-21/h2-12H,14H2,1H3,(H,23,26). The van der Waals surface area contributed by atoms with E-state index in [1.54, 1.807) is 36.5 Å². The average molecular weight is 343 g/mol. The van der Waals surface area contributed by atoms with Crippen LogP contribution in [0.1, 0.15) is 21.6 Å². The van der Waals surface area contributed by atoms with E-state index in [2.05, 4.69) is 21.4 Å². The summed E-state index contributed by atoms with van der Waals surface area (Å²) in [5, 5.41) is 11.8. The van der Waals surface area contributed by atoms with E-state index in [1.807, 2.05) is 42.3 Å². The maximum absolute atomic E-state index is 12.5. The molecule has 1 amide bonds. The summed E-state index contributed by atoms with van der Waals surface area (Å²) in [6.07, 6.45) is 1.55. The van der Waals surface area contributed by atoms with Crippen LogP contribution in [0.2, 0.25) is 0 Å². The van der Waals surface area contributed by atoms with Gasteiger partial charge in [0, 0.05) is 19.8 Å². The fourth-order valence-corrected chi connectivity index (χ4v) is 2.46. The zero-order valence-electron chi connectivity index (χ0n) is 14.3. The monoisotopic (exact) mass is 343 g/mol. The fraction of sp³-hybridized carbons (Fsp3) is 0.100. The first kappa shape index (κ1) is 17.1. The third-order valence-electron chi connectivity index (χ3n) is 3.78. The zero-order chi connectivity index (χ0) is 18.4. The van der Waals surface area contributed by atoms with Gasteiger partial charge in [-0.3, -0.25) is 4.79 Å². The van der Waals surface area contributed by atoms with Crippen molar-refractivity contribution in [1.29, 1.82) is 5.26 Å². The molecule has 3 aromatic rings. The quantitative estimate of drug-likeness (QED) is 0.769. The molecule has 0 bridgehead atoms. The summed E-state index contributed by atoms with van der Waals surface area (Å²) in [4.78, 5) is 22.9. The topological polar surface area (TPSA) is 81.9 Å². The number of amides is 1. The number of hydrogen-bond acceptors (Lipinski definition) is 5. The van der Waals surface area contributed by atoms with Crippen LogP contribution in [0.4, 0.5) is 11.6 Å². The van der Waals surface area contributed by atoms with Crippen molar-refractivity contribution in [2.24, 2.45) is 0 Å². The molecule has 1 aromatic heterocycles. The summed E-state index contributed by atoms with van der Waals surface area (Å²) < 4.78 is 0.